The average Bonchev–Trinajstić information content (AvgIpc) is 2.56. The smallest absolute Gasteiger partial charge is 0.193 e. The Morgan fingerprint density at radius 1 is 1.25 bits per heavy atom. The SMILES string of the molecule is COc1ccc(NC(N)=NCC(C2CCCCC2)N(C)C)cc1.I. The Kier molecular flexibility index (Phi) is 9.43. The number of anilines is 1. The summed E-state index contributed by atoms with van der Waals surface area (Å²) in [5, 5.41) is 3.14. The molecule has 0 radical (unpaired) electrons. The number of benzene rings is 1. The number of nitrogens with two attached hydrogens (primary N) is 1. The second-order valence-corrected chi connectivity index (χ2v) is 6.51. The van der Waals surface area contributed by atoms with Gasteiger partial charge in [0, 0.05) is 11.7 Å². The molecular formula is C18H31IN4O. The molecule has 24 heavy (non-hydrogen) atoms. The monoisotopic (exact) mass is 446 g/mol. The van der Waals surface area contributed by atoms with E-state index in [2.05, 4.69) is 29.3 Å². The molecule has 0 aliphatic heterocycles. The van der Waals surface area contributed by atoms with E-state index >= 15 is 0 Å². The molecule has 0 heterocycles. The Morgan fingerprint density at radius 3 is 2.42 bits per heavy atom. The zero-order valence-electron chi connectivity index (χ0n) is 15.0. The van der Waals surface area contributed by atoms with Gasteiger partial charge in [0.25, 0.3) is 0 Å². The lowest BCUT2D eigenvalue weighted by Crippen LogP contribution is -2.39. The molecule has 1 fully saturated rings. The highest BCUT2D eigenvalue weighted by Gasteiger charge is 2.24. The predicted octanol–water partition coefficient (Wildman–Crippen LogP) is 3.55. The number of halogens is 1. The molecule has 1 aromatic rings. The fraction of sp³-hybridized carbons (Fsp3) is 0.611. The molecule has 0 aromatic heterocycles. The third kappa shape index (κ3) is 6.47. The van der Waals surface area contributed by atoms with E-state index in [0.29, 0.717) is 12.0 Å². The zero-order chi connectivity index (χ0) is 16.7. The number of likely N-dealkylation sites (N-methyl/N-ethyl adjacent to an activating group) is 1. The number of aliphatic imine (C=N–C) groups is 1. The lowest BCUT2D eigenvalue weighted by molar-refractivity contribution is 0.176. The van der Waals surface area contributed by atoms with Gasteiger partial charge in [0.05, 0.1) is 13.7 Å². The standard InChI is InChI=1S/C18H30N4O.HI/c1-22(2)17(14-7-5-4-6-8-14)13-20-18(19)21-15-9-11-16(23-3)12-10-15;/h9-12,14,17H,4-8,13H2,1-3H3,(H3,19,20,21);1H. The molecule has 1 aliphatic rings. The molecule has 2 rings (SSSR count). The van der Waals surface area contributed by atoms with Crippen LogP contribution < -0.4 is 15.8 Å². The molecule has 0 bridgehead atoms. The summed E-state index contributed by atoms with van der Waals surface area (Å²) in [4.78, 5) is 6.86. The van der Waals surface area contributed by atoms with Crippen LogP contribution in [0.5, 0.6) is 5.75 Å². The first-order valence-corrected chi connectivity index (χ1v) is 8.47. The zero-order valence-corrected chi connectivity index (χ0v) is 17.3. The van der Waals surface area contributed by atoms with Crippen molar-refractivity contribution in [2.24, 2.45) is 16.6 Å². The summed E-state index contributed by atoms with van der Waals surface area (Å²) in [5.74, 6) is 2.03. The molecule has 1 aliphatic carbocycles. The summed E-state index contributed by atoms with van der Waals surface area (Å²) in [6.45, 7) is 0.743. The van der Waals surface area contributed by atoms with Crippen LogP contribution in [-0.2, 0) is 0 Å². The molecule has 136 valence electrons. The van der Waals surface area contributed by atoms with Crippen molar-refractivity contribution in [3.63, 3.8) is 0 Å². The van der Waals surface area contributed by atoms with Gasteiger partial charge in [-0.15, -0.1) is 24.0 Å². The van der Waals surface area contributed by atoms with Crippen LogP contribution in [0.2, 0.25) is 0 Å². The van der Waals surface area contributed by atoms with Crippen LogP contribution in [0.1, 0.15) is 32.1 Å². The van der Waals surface area contributed by atoms with Gasteiger partial charge in [-0.25, -0.2) is 0 Å². The van der Waals surface area contributed by atoms with Crippen LogP contribution in [0.15, 0.2) is 29.3 Å². The van der Waals surface area contributed by atoms with E-state index in [-0.39, 0.29) is 24.0 Å². The second kappa shape index (κ2) is 10.8. The number of ether oxygens (including phenoxy) is 1. The molecule has 1 atom stereocenters. The van der Waals surface area contributed by atoms with E-state index in [1.54, 1.807) is 7.11 Å². The number of nitrogens with one attached hydrogen (secondary N) is 1. The minimum atomic E-state index is 0. The normalized spacial score (nSPS) is 17.2. The van der Waals surface area contributed by atoms with E-state index in [1.165, 1.54) is 32.1 Å². The Bertz CT molecular complexity index is 498. The van der Waals surface area contributed by atoms with E-state index in [0.717, 1.165) is 23.9 Å². The van der Waals surface area contributed by atoms with E-state index in [4.69, 9.17) is 10.5 Å². The van der Waals surface area contributed by atoms with Crippen molar-refractivity contribution >= 4 is 35.6 Å². The average molecular weight is 446 g/mol. The third-order valence-electron chi connectivity index (χ3n) is 4.67. The minimum Gasteiger partial charge on any atom is -0.497 e. The van der Waals surface area contributed by atoms with Gasteiger partial charge < -0.3 is 20.7 Å². The molecule has 5 nitrogen and oxygen atoms in total. The minimum absolute atomic E-state index is 0. The summed E-state index contributed by atoms with van der Waals surface area (Å²) in [6, 6.07) is 8.14. The number of guanidine groups is 1. The quantitative estimate of drug-likeness (QED) is 0.399. The third-order valence-corrected chi connectivity index (χ3v) is 4.67. The Morgan fingerprint density at radius 2 is 1.88 bits per heavy atom. The molecule has 3 N–H and O–H groups in total. The first kappa shape index (κ1) is 21.0. The molecule has 0 saturated heterocycles. The highest BCUT2D eigenvalue weighted by molar-refractivity contribution is 14.0. The van der Waals surface area contributed by atoms with Crippen LogP contribution in [0.4, 0.5) is 5.69 Å². The molecule has 0 spiro atoms. The summed E-state index contributed by atoms with van der Waals surface area (Å²) < 4.78 is 5.15. The first-order valence-electron chi connectivity index (χ1n) is 8.47. The van der Waals surface area contributed by atoms with Crippen LogP contribution in [0.25, 0.3) is 0 Å². The van der Waals surface area contributed by atoms with Crippen molar-refractivity contribution in [2.75, 3.05) is 33.1 Å². The summed E-state index contributed by atoms with van der Waals surface area (Å²) in [7, 11) is 5.94. The van der Waals surface area contributed by atoms with E-state index in [1.807, 2.05) is 24.3 Å². The number of hydrogen-bond donors (Lipinski definition) is 2. The summed E-state index contributed by atoms with van der Waals surface area (Å²) in [6.07, 6.45) is 6.69. The number of hydrogen-bond acceptors (Lipinski definition) is 3. The second-order valence-electron chi connectivity index (χ2n) is 6.51. The topological polar surface area (TPSA) is 62.9 Å². The molecule has 6 heteroatoms. The highest BCUT2D eigenvalue weighted by atomic mass is 127. The van der Waals surface area contributed by atoms with Crippen molar-refractivity contribution in [3.05, 3.63) is 24.3 Å². The van der Waals surface area contributed by atoms with Crippen LogP contribution in [0, 0.1) is 5.92 Å². The van der Waals surface area contributed by atoms with Gasteiger partial charge in [0.2, 0.25) is 0 Å². The molecule has 1 saturated carbocycles. The van der Waals surface area contributed by atoms with Gasteiger partial charge in [0.1, 0.15) is 5.75 Å². The summed E-state index contributed by atoms with van der Waals surface area (Å²) >= 11 is 0. The number of nitrogens with zero attached hydrogens (tertiary/aromatic N) is 2. The van der Waals surface area contributed by atoms with Crippen molar-refractivity contribution in [2.45, 2.75) is 38.1 Å². The molecular weight excluding hydrogens is 415 g/mol. The lowest BCUT2D eigenvalue weighted by atomic mass is 9.83. The Hall–Kier alpha value is -1.02. The summed E-state index contributed by atoms with van der Waals surface area (Å²) in [5.41, 5.74) is 6.97. The van der Waals surface area contributed by atoms with Crippen molar-refractivity contribution < 1.29 is 4.74 Å². The van der Waals surface area contributed by atoms with Gasteiger partial charge in [-0.3, -0.25) is 4.99 Å². The Balaban J connectivity index is 0.00000288. The van der Waals surface area contributed by atoms with Gasteiger partial charge >= 0.3 is 0 Å². The van der Waals surface area contributed by atoms with Gasteiger partial charge in [-0.05, 0) is 57.1 Å². The predicted molar refractivity (Wildman–Crippen MR) is 113 cm³/mol. The van der Waals surface area contributed by atoms with E-state index in [9.17, 15) is 0 Å². The van der Waals surface area contributed by atoms with Gasteiger partial charge in [-0.2, -0.15) is 0 Å². The maximum absolute atomic E-state index is 6.04. The maximum atomic E-state index is 6.04. The number of methoxy groups -OCH3 is 1. The van der Waals surface area contributed by atoms with Crippen molar-refractivity contribution in [1.82, 2.24) is 4.90 Å². The molecule has 0 amide bonds. The molecule has 1 aromatic carbocycles. The van der Waals surface area contributed by atoms with E-state index < -0.39 is 0 Å². The van der Waals surface area contributed by atoms with Crippen molar-refractivity contribution in [3.8, 4) is 5.75 Å². The largest absolute Gasteiger partial charge is 0.497 e. The Labute approximate surface area is 163 Å². The maximum Gasteiger partial charge on any atom is 0.193 e. The van der Waals surface area contributed by atoms with Crippen molar-refractivity contribution in [1.29, 1.82) is 0 Å². The van der Waals surface area contributed by atoms with Gasteiger partial charge in [0.15, 0.2) is 5.96 Å². The lowest BCUT2D eigenvalue weighted by Gasteiger charge is -2.33. The van der Waals surface area contributed by atoms with Crippen LogP contribution in [0.3, 0.4) is 0 Å². The first-order chi connectivity index (χ1) is 11.1. The van der Waals surface area contributed by atoms with Crippen LogP contribution in [-0.4, -0.2) is 44.7 Å². The highest BCUT2D eigenvalue weighted by Crippen LogP contribution is 2.28. The number of rotatable bonds is 6. The van der Waals surface area contributed by atoms with Gasteiger partial charge in [-0.1, -0.05) is 19.3 Å². The molecule has 1 unspecified atom stereocenters. The fourth-order valence-corrected chi connectivity index (χ4v) is 3.31. The van der Waals surface area contributed by atoms with Crippen LogP contribution >= 0.6 is 24.0 Å². The fourth-order valence-electron chi connectivity index (χ4n) is 3.31.